The van der Waals surface area contributed by atoms with Crippen LogP contribution in [0.15, 0.2) is 53.5 Å². The van der Waals surface area contributed by atoms with E-state index in [0.717, 1.165) is 28.8 Å². The van der Waals surface area contributed by atoms with Crippen molar-refractivity contribution in [3.05, 3.63) is 81.8 Å². The fourth-order valence-corrected chi connectivity index (χ4v) is 3.53. The van der Waals surface area contributed by atoms with Crippen LogP contribution in [0.3, 0.4) is 0 Å². The smallest absolute Gasteiger partial charge is 0.250 e. The van der Waals surface area contributed by atoms with Gasteiger partial charge in [-0.05, 0) is 42.3 Å². The Morgan fingerprint density at radius 3 is 2.43 bits per heavy atom. The molecule has 1 atom stereocenters. The first kappa shape index (κ1) is 19.9. The highest BCUT2D eigenvalue weighted by Crippen LogP contribution is 2.36. The number of benzene rings is 2. The first-order valence-corrected chi connectivity index (χ1v) is 10.2. The minimum absolute atomic E-state index is 0.114. The lowest BCUT2D eigenvalue weighted by molar-refractivity contribution is 0.439. The third kappa shape index (κ3) is 4.36. The lowest BCUT2D eigenvalue weighted by Gasteiger charge is -2.16. The molecule has 0 saturated carbocycles. The van der Waals surface area contributed by atoms with Gasteiger partial charge in [0, 0.05) is 59.3 Å². The number of rotatable bonds is 5. The Morgan fingerprint density at radius 2 is 1.75 bits per heavy atom. The van der Waals surface area contributed by atoms with Crippen LogP contribution in [-0.2, 0) is 23.6 Å². The van der Waals surface area contributed by atoms with E-state index in [9.17, 15) is 17.8 Å². The van der Waals surface area contributed by atoms with Gasteiger partial charge in [0.15, 0.2) is 11.6 Å². The minimum Gasteiger partial charge on any atom is -0.454 e. The Labute approximate surface area is 163 Å². The first-order valence-electron chi connectivity index (χ1n) is 8.48. The normalized spacial score (nSPS) is 12.0. The number of halogens is 2. The molecule has 7 heteroatoms. The van der Waals surface area contributed by atoms with Gasteiger partial charge in [0.2, 0.25) is 0 Å². The topological polar surface area (TPSA) is 48.3 Å². The molecule has 4 nitrogen and oxygen atoms in total. The highest BCUT2D eigenvalue weighted by Gasteiger charge is 2.15. The van der Waals surface area contributed by atoms with Crippen molar-refractivity contribution in [3.8, 4) is 22.6 Å². The van der Waals surface area contributed by atoms with E-state index in [1.807, 2.05) is 6.07 Å². The molecule has 0 amide bonds. The molecule has 0 saturated heterocycles. The number of pyridine rings is 1. The van der Waals surface area contributed by atoms with Crippen LogP contribution in [0.25, 0.3) is 11.1 Å². The molecule has 1 unspecified atom stereocenters. The van der Waals surface area contributed by atoms with Crippen LogP contribution < -0.4 is 10.3 Å². The molecule has 146 valence electrons. The lowest BCUT2D eigenvalue weighted by Crippen LogP contribution is -2.15. The SMILES string of the molecule is Cc1cc(=O)n(C)cc1-c1cc(CS(C)=O)ccc1Oc1ccc(F)cc1F. The number of nitrogens with zero attached hydrogens (tertiary/aromatic N) is 1. The van der Waals surface area contributed by atoms with Crippen LogP contribution >= 0.6 is 0 Å². The molecule has 1 heterocycles. The van der Waals surface area contributed by atoms with Crippen molar-refractivity contribution in [1.82, 2.24) is 4.57 Å². The third-order valence-electron chi connectivity index (χ3n) is 4.25. The molecule has 0 spiro atoms. The average Bonchev–Trinajstić information content (AvgIpc) is 2.61. The van der Waals surface area contributed by atoms with Gasteiger partial charge in [0.25, 0.3) is 5.56 Å². The van der Waals surface area contributed by atoms with Gasteiger partial charge in [0.05, 0.1) is 0 Å². The maximum absolute atomic E-state index is 14.1. The Balaban J connectivity index is 2.15. The van der Waals surface area contributed by atoms with E-state index in [2.05, 4.69) is 0 Å². The number of aromatic nitrogens is 1. The molecule has 3 rings (SSSR count). The quantitative estimate of drug-likeness (QED) is 0.638. The van der Waals surface area contributed by atoms with E-state index in [0.29, 0.717) is 17.1 Å². The lowest BCUT2D eigenvalue weighted by atomic mass is 10.00. The number of hydrogen-bond donors (Lipinski definition) is 0. The van der Waals surface area contributed by atoms with Crippen LogP contribution in [0.5, 0.6) is 11.5 Å². The summed E-state index contributed by atoms with van der Waals surface area (Å²) in [5, 5.41) is 0. The molecular formula is C21H19F2NO3S. The maximum Gasteiger partial charge on any atom is 0.250 e. The molecule has 0 aliphatic carbocycles. The van der Waals surface area contributed by atoms with Crippen molar-refractivity contribution in [2.24, 2.45) is 7.05 Å². The van der Waals surface area contributed by atoms with E-state index in [4.69, 9.17) is 4.74 Å². The molecule has 0 radical (unpaired) electrons. The summed E-state index contributed by atoms with van der Waals surface area (Å²) in [7, 11) is 0.592. The molecular weight excluding hydrogens is 384 g/mol. The Morgan fingerprint density at radius 1 is 1.04 bits per heavy atom. The van der Waals surface area contributed by atoms with Crippen molar-refractivity contribution in [3.63, 3.8) is 0 Å². The summed E-state index contributed by atoms with van der Waals surface area (Å²) in [4.78, 5) is 11.9. The Hall–Kier alpha value is -2.80. The van der Waals surface area contributed by atoms with Crippen molar-refractivity contribution < 1.29 is 17.7 Å². The second-order valence-corrected chi connectivity index (χ2v) is 7.98. The first-order chi connectivity index (χ1) is 13.2. The molecule has 2 aromatic carbocycles. The van der Waals surface area contributed by atoms with Crippen LogP contribution in [-0.4, -0.2) is 15.0 Å². The van der Waals surface area contributed by atoms with Gasteiger partial charge < -0.3 is 9.30 Å². The van der Waals surface area contributed by atoms with Crippen LogP contribution in [0.2, 0.25) is 0 Å². The van der Waals surface area contributed by atoms with Crippen molar-refractivity contribution in [2.75, 3.05) is 6.26 Å². The van der Waals surface area contributed by atoms with Crippen LogP contribution in [0.1, 0.15) is 11.1 Å². The third-order valence-corrected chi connectivity index (χ3v) is 4.99. The molecule has 0 aliphatic heterocycles. The molecule has 0 bridgehead atoms. The highest BCUT2D eigenvalue weighted by molar-refractivity contribution is 7.83. The zero-order valence-corrected chi connectivity index (χ0v) is 16.5. The fourth-order valence-electron chi connectivity index (χ4n) is 2.88. The number of hydrogen-bond acceptors (Lipinski definition) is 3. The summed E-state index contributed by atoms with van der Waals surface area (Å²) in [6.45, 7) is 1.80. The summed E-state index contributed by atoms with van der Waals surface area (Å²) >= 11 is 0. The summed E-state index contributed by atoms with van der Waals surface area (Å²) in [5.74, 6) is -0.931. The predicted molar refractivity (Wildman–Crippen MR) is 106 cm³/mol. The molecule has 3 aromatic rings. The van der Waals surface area contributed by atoms with E-state index < -0.39 is 22.4 Å². The maximum atomic E-state index is 14.1. The average molecular weight is 403 g/mol. The number of aryl methyl sites for hydroxylation is 2. The monoisotopic (exact) mass is 403 g/mol. The summed E-state index contributed by atoms with van der Waals surface area (Å²) in [6, 6.07) is 9.80. The molecule has 0 N–H and O–H groups in total. The Bertz CT molecular complexity index is 1130. The van der Waals surface area contributed by atoms with Gasteiger partial charge in [0.1, 0.15) is 11.6 Å². The van der Waals surface area contributed by atoms with E-state index in [1.54, 1.807) is 38.6 Å². The van der Waals surface area contributed by atoms with Crippen LogP contribution in [0.4, 0.5) is 8.78 Å². The minimum atomic E-state index is -1.04. The van der Waals surface area contributed by atoms with Crippen LogP contribution in [0, 0.1) is 18.6 Å². The Kier molecular flexibility index (Phi) is 5.74. The second kappa shape index (κ2) is 8.06. The molecule has 1 aromatic heterocycles. The van der Waals surface area contributed by atoms with E-state index in [1.165, 1.54) is 16.7 Å². The molecule has 0 aliphatic rings. The molecule has 0 fully saturated rings. The van der Waals surface area contributed by atoms with Gasteiger partial charge in [-0.25, -0.2) is 8.78 Å². The fraction of sp³-hybridized carbons (Fsp3) is 0.190. The zero-order chi connectivity index (χ0) is 20.4. The standard InChI is InChI=1S/C21H19F2NO3S/c1-13-8-21(25)24(2)11-17(13)16-9-14(12-28(3)26)4-6-19(16)27-20-7-5-15(22)10-18(20)23/h4-11H,12H2,1-3H3. The van der Waals surface area contributed by atoms with E-state index >= 15 is 0 Å². The second-order valence-electron chi connectivity index (χ2n) is 6.54. The van der Waals surface area contributed by atoms with Gasteiger partial charge >= 0.3 is 0 Å². The van der Waals surface area contributed by atoms with Gasteiger partial charge in [-0.2, -0.15) is 0 Å². The van der Waals surface area contributed by atoms with Crippen molar-refractivity contribution >= 4 is 10.8 Å². The zero-order valence-electron chi connectivity index (χ0n) is 15.7. The predicted octanol–water partition coefficient (Wildman–Crippen LogP) is 4.31. The molecule has 28 heavy (non-hydrogen) atoms. The van der Waals surface area contributed by atoms with Gasteiger partial charge in [-0.15, -0.1) is 0 Å². The number of ether oxygens (including phenoxy) is 1. The largest absolute Gasteiger partial charge is 0.454 e. The summed E-state index contributed by atoms with van der Waals surface area (Å²) in [6.07, 6.45) is 3.28. The van der Waals surface area contributed by atoms with Gasteiger partial charge in [-0.1, -0.05) is 6.07 Å². The van der Waals surface area contributed by atoms with E-state index in [-0.39, 0.29) is 11.3 Å². The van der Waals surface area contributed by atoms with Gasteiger partial charge in [-0.3, -0.25) is 9.00 Å². The van der Waals surface area contributed by atoms with Crippen molar-refractivity contribution in [1.29, 1.82) is 0 Å². The summed E-state index contributed by atoms with van der Waals surface area (Å²) < 4.78 is 46.0. The summed E-state index contributed by atoms with van der Waals surface area (Å²) in [5.41, 5.74) is 2.74. The highest BCUT2D eigenvalue weighted by atomic mass is 32.2. The van der Waals surface area contributed by atoms with Crippen molar-refractivity contribution in [2.45, 2.75) is 12.7 Å².